The standard InChI is InChI=1S/C14H20N2O4S/c1-2-21(17,18)16-10-14(11-16)12(6-8-20-14)9-19-13-5-3-4-7-15-13/h3-5,7,12H,2,6,8-11H2,1H3/t12-/m0/s1. The van der Waals surface area contributed by atoms with Crippen molar-refractivity contribution < 1.29 is 17.9 Å². The second-order valence-electron chi connectivity index (χ2n) is 5.55. The third-order valence-corrected chi connectivity index (χ3v) is 6.09. The zero-order valence-corrected chi connectivity index (χ0v) is 12.9. The Morgan fingerprint density at radius 2 is 2.29 bits per heavy atom. The summed E-state index contributed by atoms with van der Waals surface area (Å²) < 4.78 is 36.7. The van der Waals surface area contributed by atoms with Crippen molar-refractivity contribution in [1.29, 1.82) is 0 Å². The first-order chi connectivity index (χ1) is 10.1. The highest BCUT2D eigenvalue weighted by Crippen LogP contribution is 2.41. The van der Waals surface area contributed by atoms with Gasteiger partial charge in [0.15, 0.2) is 0 Å². The second kappa shape index (κ2) is 5.55. The first-order valence-electron chi connectivity index (χ1n) is 7.21. The summed E-state index contributed by atoms with van der Waals surface area (Å²) in [6.45, 7) is 3.73. The Hall–Kier alpha value is -1.18. The fourth-order valence-electron chi connectivity index (χ4n) is 2.92. The highest BCUT2D eigenvalue weighted by atomic mass is 32.2. The lowest BCUT2D eigenvalue weighted by atomic mass is 9.83. The van der Waals surface area contributed by atoms with Gasteiger partial charge in [0.1, 0.15) is 5.60 Å². The van der Waals surface area contributed by atoms with Crippen molar-refractivity contribution in [3.63, 3.8) is 0 Å². The van der Waals surface area contributed by atoms with Crippen molar-refractivity contribution in [2.45, 2.75) is 18.9 Å². The lowest BCUT2D eigenvalue weighted by Gasteiger charge is -2.48. The van der Waals surface area contributed by atoms with Gasteiger partial charge in [0.05, 0.1) is 12.4 Å². The molecule has 0 N–H and O–H groups in total. The van der Waals surface area contributed by atoms with E-state index in [-0.39, 0.29) is 17.3 Å². The van der Waals surface area contributed by atoms with Crippen LogP contribution < -0.4 is 4.74 Å². The fourth-order valence-corrected chi connectivity index (χ4v) is 4.11. The minimum atomic E-state index is -3.12. The molecule has 2 aliphatic rings. The van der Waals surface area contributed by atoms with Crippen LogP contribution in [-0.4, -0.2) is 55.4 Å². The molecular weight excluding hydrogens is 292 g/mol. The van der Waals surface area contributed by atoms with Crippen molar-refractivity contribution in [2.24, 2.45) is 5.92 Å². The molecule has 0 amide bonds. The summed E-state index contributed by atoms with van der Waals surface area (Å²) in [6, 6.07) is 5.53. The van der Waals surface area contributed by atoms with E-state index in [1.165, 1.54) is 4.31 Å². The molecule has 2 fully saturated rings. The predicted octanol–water partition coefficient (Wildman–Crippen LogP) is 0.901. The lowest BCUT2D eigenvalue weighted by molar-refractivity contribution is -0.107. The summed E-state index contributed by atoms with van der Waals surface area (Å²) in [4.78, 5) is 4.13. The number of sulfonamides is 1. The topological polar surface area (TPSA) is 68.7 Å². The van der Waals surface area contributed by atoms with Gasteiger partial charge in [-0.05, 0) is 19.4 Å². The third kappa shape index (κ3) is 2.77. The lowest BCUT2D eigenvalue weighted by Crippen LogP contribution is -2.66. The molecule has 1 aromatic rings. The number of hydrogen-bond donors (Lipinski definition) is 0. The molecule has 1 spiro atoms. The average Bonchev–Trinajstić information content (AvgIpc) is 2.88. The van der Waals surface area contributed by atoms with Crippen LogP contribution in [0.3, 0.4) is 0 Å². The van der Waals surface area contributed by atoms with Gasteiger partial charge in [-0.3, -0.25) is 0 Å². The van der Waals surface area contributed by atoms with Crippen LogP contribution >= 0.6 is 0 Å². The molecule has 0 unspecified atom stereocenters. The zero-order valence-electron chi connectivity index (χ0n) is 12.1. The van der Waals surface area contributed by atoms with Gasteiger partial charge < -0.3 is 9.47 Å². The van der Waals surface area contributed by atoms with Crippen LogP contribution in [0, 0.1) is 5.92 Å². The monoisotopic (exact) mass is 312 g/mol. The van der Waals surface area contributed by atoms with E-state index in [1.54, 1.807) is 13.1 Å². The summed E-state index contributed by atoms with van der Waals surface area (Å²) in [5.74, 6) is 0.942. The number of aromatic nitrogens is 1. The number of pyridine rings is 1. The van der Waals surface area contributed by atoms with Gasteiger partial charge in [-0.25, -0.2) is 13.4 Å². The van der Waals surface area contributed by atoms with E-state index in [0.29, 0.717) is 32.2 Å². The Morgan fingerprint density at radius 3 is 2.95 bits per heavy atom. The number of nitrogens with zero attached hydrogens (tertiary/aromatic N) is 2. The van der Waals surface area contributed by atoms with Crippen molar-refractivity contribution in [1.82, 2.24) is 9.29 Å². The first-order valence-corrected chi connectivity index (χ1v) is 8.82. The Balaban J connectivity index is 1.60. The van der Waals surface area contributed by atoms with E-state index in [0.717, 1.165) is 6.42 Å². The SMILES string of the molecule is CCS(=O)(=O)N1CC2(C1)OCC[C@H]2COc1ccccn1. The molecule has 0 aromatic carbocycles. The molecule has 1 aromatic heterocycles. The molecule has 3 heterocycles. The maximum Gasteiger partial charge on any atom is 0.214 e. The van der Waals surface area contributed by atoms with Gasteiger partial charge in [0.25, 0.3) is 0 Å². The first kappa shape index (κ1) is 14.7. The van der Waals surface area contributed by atoms with Crippen LogP contribution in [0.5, 0.6) is 5.88 Å². The van der Waals surface area contributed by atoms with E-state index >= 15 is 0 Å². The average molecular weight is 312 g/mol. The molecule has 6 nitrogen and oxygen atoms in total. The van der Waals surface area contributed by atoms with Crippen LogP contribution in [0.2, 0.25) is 0 Å². The molecule has 21 heavy (non-hydrogen) atoms. The molecule has 0 saturated carbocycles. The van der Waals surface area contributed by atoms with Crippen LogP contribution in [0.4, 0.5) is 0 Å². The predicted molar refractivity (Wildman–Crippen MR) is 77.6 cm³/mol. The maximum atomic E-state index is 11.8. The van der Waals surface area contributed by atoms with Gasteiger partial charge in [0.2, 0.25) is 15.9 Å². The zero-order chi connectivity index (χ0) is 14.9. The van der Waals surface area contributed by atoms with Gasteiger partial charge >= 0.3 is 0 Å². The molecule has 0 radical (unpaired) electrons. The van der Waals surface area contributed by atoms with Crippen molar-refractivity contribution in [2.75, 3.05) is 32.1 Å². The van der Waals surface area contributed by atoms with Crippen molar-refractivity contribution in [3.05, 3.63) is 24.4 Å². The molecule has 2 saturated heterocycles. The normalized spacial score (nSPS) is 24.9. The summed E-state index contributed by atoms with van der Waals surface area (Å²) >= 11 is 0. The quantitative estimate of drug-likeness (QED) is 0.808. The molecule has 116 valence electrons. The molecule has 0 bridgehead atoms. The molecule has 1 atom stereocenters. The van der Waals surface area contributed by atoms with Crippen molar-refractivity contribution in [3.8, 4) is 5.88 Å². The third-order valence-electron chi connectivity index (χ3n) is 4.32. The summed E-state index contributed by atoms with van der Waals surface area (Å²) in [6.07, 6.45) is 2.59. The highest BCUT2D eigenvalue weighted by molar-refractivity contribution is 7.89. The van der Waals surface area contributed by atoms with E-state index in [2.05, 4.69) is 4.98 Å². The van der Waals surface area contributed by atoms with E-state index in [9.17, 15) is 8.42 Å². The molecule has 7 heteroatoms. The smallest absolute Gasteiger partial charge is 0.214 e. The highest BCUT2D eigenvalue weighted by Gasteiger charge is 2.56. The maximum absolute atomic E-state index is 11.8. The summed E-state index contributed by atoms with van der Waals surface area (Å²) in [5.41, 5.74) is -0.364. The minimum Gasteiger partial charge on any atom is -0.477 e. The molecular formula is C14H20N2O4S. The van der Waals surface area contributed by atoms with Gasteiger partial charge in [-0.2, -0.15) is 4.31 Å². The number of hydrogen-bond acceptors (Lipinski definition) is 5. The number of rotatable bonds is 5. The Kier molecular flexibility index (Phi) is 3.90. The van der Waals surface area contributed by atoms with Gasteiger partial charge in [-0.1, -0.05) is 6.07 Å². The minimum absolute atomic E-state index is 0.137. The molecule has 0 aliphatic carbocycles. The Bertz CT molecular complexity index is 584. The summed E-state index contributed by atoms with van der Waals surface area (Å²) in [5, 5.41) is 0. The second-order valence-corrected chi connectivity index (χ2v) is 7.80. The Morgan fingerprint density at radius 1 is 1.48 bits per heavy atom. The van der Waals surface area contributed by atoms with E-state index in [1.807, 2.05) is 18.2 Å². The van der Waals surface area contributed by atoms with E-state index < -0.39 is 10.0 Å². The van der Waals surface area contributed by atoms with Gasteiger partial charge in [0, 0.05) is 37.9 Å². The molecule has 3 rings (SSSR count). The number of ether oxygens (including phenoxy) is 2. The van der Waals surface area contributed by atoms with Crippen LogP contribution in [0.15, 0.2) is 24.4 Å². The van der Waals surface area contributed by atoms with Crippen LogP contribution in [0.25, 0.3) is 0 Å². The van der Waals surface area contributed by atoms with Crippen molar-refractivity contribution >= 4 is 10.0 Å². The largest absolute Gasteiger partial charge is 0.477 e. The van der Waals surface area contributed by atoms with E-state index in [4.69, 9.17) is 9.47 Å². The fraction of sp³-hybridized carbons (Fsp3) is 0.643. The van der Waals surface area contributed by atoms with Crippen LogP contribution in [0.1, 0.15) is 13.3 Å². The van der Waals surface area contributed by atoms with Crippen LogP contribution in [-0.2, 0) is 14.8 Å². The Labute approximate surface area is 125 Å². The summed E-state index contributed by atoms with van der Waals surface area (Å²) in [7, 11) is -3.12. The van der Waals surface area contributed by atoms with Gasteiger partial charge in [-0.15, -0.1) is 0 Å². The molecule has 2 aliphatic heterocycles.